The van der Waals surface area contributed by atoms with Crippen molar-refractivity contribution in [3.8, 4) is 5.75 Å². The van der Waals surface area contributed by atoms with Crippen LogP contribution >= 0.6 is 0 Å². The number of aromatic nitrogens is 1. The van der Waals surface area contributed by atoms with Gasteiger partial charge in [0.2, 0.25) is 0 Å². The molecule has 0 saturated carbocycles. The number of ether oxygens (including phenoxy) is 1. The molecule has 0 bridgehead atoms. The summed E-state index contributed by atoms with van der Waals surface area (Å²) < 4.78 is 5.48. The zero-order chi connectivity index (χ0) is 24.0. The lowest BCUT2D eigenvalue weighted by molar-refractivity contribution is -0.133. The fourth-order valence-corrected chi connectivity index (χ4v) is 5.45. The molecule has 0 spiro atoms. The maximum absolute atomic E-state index is 13.8. The van der Waals surface area contributed by atoms with Crippen LogP contribution in [-0.4, -0.2) is 71.0 Å². The molecule has 1 aromatic heterocycles. The number of nitrogens with one attached hydrogen (secondary N) is 1. The van der Waals surface area contributed by atoms with Gasteiger partial charge >= 0.3 is 6.03 Å². The molecule has 5 rings (SSSR count). The molecule has 3 aromatic rings. The smallest absolute Gasteiger partial charge is 0.328 e. The molecule has 0 aliphatic carbocycles. The fraction of sp³-hybridized carbons (Fsp3) is 0.407. The van der Waals surface area contributed by atoms with Crippen molar-refractivity contribution in [2.24, 2.45) is 0 Å². The van der Waals surface area contributed by atoms with Crippen molar-refractivity contribution in [1.29, 1.82) is 0 Å². The number of carbonyl (C=O) groups is 2. The topological polar surface area (TPSA) is 68.9 Å². The van der Waals surface area contributed by atoms with Crippen molar-refractivity contribution in [3.63, 3.8) is 0 Å². The van der Waals surface area contributed by atoms with Crippen molar-refractivity contribution in [2.75, 3.05) is 33.8 Å². The van der Waals surface area contributed by atoms with Crippen LogP contribution in [0.2, 0.25) is 0 Å². The zero-order valence-electron chi connectivity index (χ0n) is 20.3. The lowest BCUT2D eigenvalue weighted by atomic mass is 9.81. The molecule has 1 N–H and O–H groups in total. The van der Waals surface area contributed by atoms with E-state index in [1.54, 1.807) is 7.11 Å². The second kappa shape index (κ2) is 8.47. The Labute approximate surface area is 200 Å². The number of aromatic amines is 1. The molecule has 7 nitrogen and oxygen atoms in total. The number of benzene rings is 2. The lowest BCUT2D eigenvalue weighted by Crippen LogP contribution is -2.53. The average Bonchev–Trinajstić information content (AvgIpc) is 3.30. The number of hydrogen-bond donors (Lipinski definition) is 1. The van der Waals surface area contributed by atoms with Gasteiger partial charge in [-0.25, -0.2) is 4.79 Å². The summed E-state index contributed by atoms with van der Waals surface area (Å²) in [6.07, 6.45) is 1.22. The van der Waals surface area contributed by atoms with Gasteiger partial charge in [-0.3, -0.25) is 14.6 Å². The van der Waals surface area contributed by atoms with E-state index in [2.05, 4.69) is 23.9 Å². The zero-order valence-corrected chi connectivity index (χ0v) is 20.3. The summed E-state index contributed by atoms with van der Waals surface area (Å²) in [4.78, 5) is 36.6. The molecule has 1 saturated heterocycles. The van der Waals surface area contributed by atoms with Crippen LogP contribution < -0.4 is 4.74 Å². The Hall–Kier alpha value is -3.32. The Morgan fingerprint density at radius 3 is 2.65 bits per heavy atom. The number of carbonyl (C=O) groups excluding carboxylic acids is 2. The molecule has 0 unspecified atom stereocenters. The van der Waals surface area contributed by atoms with Gasteiger partial charge in [-0.05, 0) is 62.8 Å². The van der Waals surface area contributed by atoms with E-state index in [-0.39, 0.29) is 18.0 Å². The predicted molar refractivity (Wildman–Crippen MR) is 132 cm³/mol. The summed E-state index contributed by atoms with van der Waals surface area (Å²) in [7, 11) is 3.71. The van der Waals surface area contributed by atoms with Crippen LogP contribution in [0.1, 0.15) is 43.1 Å². The second-order valence-corrected chi connectivity index (χ2v) is 9.55. The summed E-state index contributed by atoms with van der Waals surface area (Å²) in [5.41, 5.74) is 3.08. The molecule has 0 radical (unpaired) electrons. The molecule has 2 aromatic carbocycles. The van der Waals surface area contributed by atoms with Gasteiger partial charge in [0.05, 0.1) is 7.11 Å². The highest BCUT2D eigenvalue weighted by molar-refractivity contribution is 6.08. The predicted octanol–water partition coefficient (Wildman–Crippen LogP) is 4.19. The van der Waals surface area contributed by atoms with Gasteiger partial charge in [0.25, 0.3) is 5.91 Å². The van der Waals surface area contributed by atoms with Gasteiger partial charge in [0.15, 0.2) is 0 Å². The Kier molecular flexibility index (Phi) is 5.60. The Balaban J connectivity index is 1.61. The van der Waals surface area contributed by atoms with E-state index in [9.17, 15) is 9.59 Å². The molecular weight excluding hydrogens is 428 g/mol. The number of methoxy groups -OCH3 is 1. The number of amides is 3. The van der Waals surface area contributed by atoms with Gasteiger partial charge in [0.1, 0.15) is 17.3 Å². The monoisotopic (exact) mass is 460 g/mol. The third kappa shape index (κ3) is 3.38. The molecular formula is C27H32N4O3. The van der Waals surface area contributed by atoms with Crippen molar-refractivity contribution in [1.82, 2.24) is 19.7 Å². The summed E-state index contributed by atoms with van der Waals surface area (Å²) in [5.74, 6) is 0.661. The Morgan fingerprint density at radius 2 is 1.94 bits per heavy atom. The largest absolute Gasteiger partial charge is 0.497 e. The number of urea groups is 1. The molecule has 7 heteroatoms. The number of H-pyrrole nitrogens is 1. The second-order valence-electron chi connectivity index (χ2n) is 9.55. The van der Waals surface area contributed by atoms with Crippen LogP contribution in [0.5, 0.6) is 5.75 Å². The first kappa shape index (κ1) is 22.5. The molecule has 2 atom stereocenters. The maximum atomic E-state index is 13.8. The molecule has 2 aliphatic rings. The lowest BCUT2D eigenvalue weighted by Gasteiger charge is -2.42. The van der Waals surface area contributed by atoms with E-state index < -0.39 is 5.54 Å². The van der Waals surface area contributed by atoms with E-state index in [4.69, 9.17) is 4.74 Å². The van der Waals surface area contributed by atoms with Crippen molar-refractivity contribution in [3.05, 3.63) is 65.4 Å². The van der Waals surface area contributed by atoms with Crippen LogP contribution in [0, 0.1) is 0 Å². The first-order chi connectivity index (χ1) is 16.4. The van der Waals surface area contributed by atoms with E-state index in [1.165, 1.54) is 4.90 Å². The molecule has 178 valence electrons. The molecule has 1 fully saturated rings. The number of imide groups is 1. The van der Waals surface area contributed by atoms with E-state index in [0.717, 1.165) is 53.0 Å². The average molecular weight is 461 g/mol. The van der Waals surface area contributed by atoms with Gasteiger partial charge in [-0.15, -0.1) is 0 Å². The summed E-state index contributed by atoms with van der Waals surface area (Å²) in [6, 6.07) is 15.4. The number of hydrogen-bond acceptors (Lipinski definition) is 4. The highest BCUT2D eigenvalue weighted by Gasteiger charge is 2.59. The van der Waals surface area contributed by atoms with Crippen molar-refractivity contribution in [2.45, 2.75) is 38.3 Å². The highest BCUT2D eigenvalue weighted by Crippen LogP contribution is 2.48. The van der Waals surface area contributed by atoms with Gasteiger partial charge in [-0.2, -0.15) is 0 Å². The molecule has 2 aliphatic heterocycles. The van der Waals surface area contributed by atoms with Crippen molar-refractivity contribution < 1.29 is 14.3 Å². The first-order valence-corrected chi connectivity index (χ1v) is 12.0. The van der Waals surface area contributed by atoms with Crippen LogP contribution in [-0.2, 0) is 11.2 Å². The normalized spacial score (nSPS) is 22.0. The van der Waals surface area contributed by atoms with Gasteiger partial charge in [0, 0.05) is 29.6 Å². The van der Waals surface area contributed by atoms with Crippen molar-refractivity contribution >= 4 is 22.8 Å². The summed E-state index contributed by atoms with van der Waals surface area (Å²) in [6.45, 7) is 6.23. The van der Waals surface area contributed by atoms with Crippen LogP contribution in [0.3, 0.4) is 0 Å². The van der Waals surface area contributed by atoms with Crippen LogP contribution in [0.4, 0.5) is 4.79 Å². The summed E-state index contributed by atoms with van der Waals surface area (Å²) in [5, 5.41) is 1.04. The van der Waals surface area contributed by atoms with Gasteiger partial charge < -0.3 is 14.6 Å². The Bertz CT molecular complexity index is 1240. The molecule has 3 heterocycles. The maximum Gasteiger partial charge on any atom is 0.328 e. The number of rotatable bonds is 7. The number of fused-ring (bicyclic) bond motifs is 4. The first-order valence-electron chi connectivity index (χ1n) is 12.0. The highest BCUT2D eigenvalue weighted by atomic mass is 16.5. The minimum Gasteiger partial charge on any atom is -0.497 e. The minimum atomic E-state index is -0.945. The fourth-order valence-electron chi connectivity index (χ4n) is 5.45. The summed E-state index contributed by atoms with van der Waals surface area (Å²) >= 11 is 0. The van der Waals surface area contributed by atoms with Gasteiger partial charge in [-0.1, -0.05) is 37.3 Å². The Morgan fingerprint density at radius 1 is 1.18 bits per heavy atom. The SMILES string of the molecule is CCN(C)CCCN1C(=O)N2[C@H](c3ccccc3)c3[nH]c4ccc(OC)cc4c3C[C@@]2(C)C1=O. The third-order valence-corrected chi connectivity index (χ3v) is 7.45. The third-order valence-electron chi connectivity index (χ3n) is 7.45. The quantitative estimate of drug-likeness (QED) is 0.537. The minimum absolute atomic E-state index is 0.111. The molecule has 3 amide bonds. The van der Waals surface area contributed by atoms with E-state index in [0.29, 0.717) is 13.0 Å². The van der Waals surface area contributed by atoms with Crippen LogP contribution in [0.25, 0.3) is 10.9 Å². The molecule has 34 heavy (non-hydrogen) atoms. The number of nitrogens with zero attached hydrogens (tertiary/aromatic N) is 3. The standard InChI is InChI=1S/C27H32N4O3/c1-5-29(3)14-9-15-30-25(32)27(2)17-21-20-16-19(34-4)12-13-22(20)28-23(21)24(31(27)26(30)33)18-10-7-6-8-11-18/h6-8,10-13,16,24,28H,5,9,14-15,17H2,1-4H3/t24-,27+/m1/s1. The van der Waals surface area contributed by atoms with E-state index in [1.807, 2.05) is 60.4 Å². The van der Waals surface area contributed by atoms with Crippen LogP contribution in [0.15, 0.2) is 48.5 Å². The van der Waals surface area contributed by atoms with E-state index >= 15 is 0 Å².